The number of hydrogen-bond acceptors (Lipinski definition) is 5. The van der Waals surface area contributed by atoms with Gasteiger partial charge in [-0.25, -0.2) is 0 Å². The minimum absolute atomic E-state index is 0.0130. The first kappa shape index (κ1) is 16.8. The van der Waals surface area contributed by atoms with Crippen molar-refractivity contribution in [1.82, 2.24) is 20.0 Å². The van der Waals surface area contributed by atoms with Crippen molar-refractivity contribution < 1.29 is 9.53 Å². The predicted molar refractivity (Wildman–Crippen MR) is 96.8 cm³/mol. The number of fused-ring (bicyclic) bond motifs is 1. The number of aromatic nitrogens is 2. The van der Waals surface area contributed by atoms with E-state index in [4.69, 9.17) is 4.74 Å². The molecule has 2 aromatic heterocycles. The molecule has 2 aliphatic rings. The number of ether oxygens (including phenoxy) is 1. The van der Waals surface area contributed by atoms with Crippen molar-refractivity contribution in [2.75, 3.05) is 26.3 Å². The van der Waals surface area contributed by atoms with E-state index in [1.54, 1.807) is 11.3 Å². The third kappa shape index (κ3) is 3.78. The summed E-state index contributed by atoms with van der Waals surface area (Å²) >= 11 is 1.55. The van der Waals surface area contributed by atoms with Gasteiger partial charge in [-0.2, -0.15) is 16.4 Å². The fourth-order valence-corrected chi connectivity index (χ4v) is 4.44. The van der Waals surface area contributed by atoms with Crippen LogP contribution in [0.2, 0.25) is 0 Å². The van der Waals surface area contributed by atoms with E-state index in [1.807, 2.05) is 23.0 Å². The highest BCUT2D eigenvalue weighted by Crippen LogP contribution is 2.27. The molecule has 25 heavy (non-hydrogen) atoms. The fraction of sp³-hybridized carbons (Fsp3) is 0.556. The van der Waals surface area contributed by atoms with E-state index in [-0.39, 0.29) is 5.91 Å². The first-order chi connectivity index (χ1) is 12.3. The lowest BCUT2D eigenvalue weighted by Crippen LogP contribution is -2.46. The summed E-state index contributed by atoms with van der Waals surface area (Å²) < 4.78 is 7.65. The summed E-state index contributed by atoms with van der Waals surface area (Å²) in [5.74, 6) is 0.0130. The number of hydrogen-bond donors (Lipinski definition) is 1. The highest BCUT2D eigenvalue weighted by molar-refractivity contribution is 7.08. The van der Waals surface area contributed by atoms with Gasteiger partial charge in [0.1, 0.15) is 0 Å². The first-order valence-corrected chi connectivity index (χ1v) is 9.90. The van der Waals surface area contributed by atoms with E-state index in [9.17, 15) is 4.79 Å². The monoisotopic (exact) mass is 360 g/mol. The van der Waals surface area contributed by atoms with Crippen LogP contribution in [0, 0.1) is 0 Å². The molecule has 0 aliphatic carbocycles. The zero-order valence-electron chi connectivity index (χ0n) is 14.3. The van der Waals surface area contributed by atoms with Gasteiger partial charge in [-0.3, -0.25) is 14.4 Å². The fourth-order valence-electron chi connectivity index (χ4n) is 3.81. The van der Waals surface area contributed by atoms with Gasteiger partial charge >= 0.3 is 0 Å². The lowest BCUT2D eigenvalue weighted by Gasteiger charge is -2.40. The maximum atomic E-state index is 12.1. The van der Waals surface area contributed by atoms with Crippen LogP contribution >= 0.6 is 11.3 Å². The Labute approximate surface area is 151 Å². The first-order valence-electron chi connectivity index (χ1n) is 8.96. The Morgan fingerprint density at radius 3 is 3.04 bits per heavy atom. The molecule has 0 spiro atoms. The summed E-state index contributed by atoms with van der Waals surface area (Å²) in [6.07, 6.45) is 5.00. The normalized spacial score (nSPS) is 21.8. The molecule has 1 amide bonds. The van der Waals surface area contributed by atoms with E-state index in [0.717, 1.165) is 51.1 Å². The van der Waals surface area contributed by atoms with Crippen molar-refractivity contribution in [2.24, 2.45) is 0 Å². The molecule has 6 nitrogen and oxygen atoms in total. The van der Waals surface area contributed by atoms with Crippen LogP contribution in [-0.2, 0) is 11.3 Å². The van der Waals surface area contributed by atoms with Gasteiger partial charge in [0.05, 0.1) is 11.7 Å². The van der Waals surface area contributed by atoms with Crippen molar-refractivity contribution in [3.05, 3.63) is 40.3 Å². The van der Waals surface area contributed by atoms with Gasteiger partial charge in [0.15, 0.2) is 0 Å². The molecule has 7 heteroatoms. The molecule has 1 N–H and O–H groups in total. The highest BCUT2D eigenvalue weighted by Gasteiger charge is 2.30. The SMILES string of the molecule is O=C(NCC[C@@H]1CN(C2CCOCC2)Cc2ccnn21)c1ccsc1. The molecule has 1 atom stereocenters. The molecule has 4 heterocycles. The number of carbonyl (C=O) groups is 1. The number of rotatable bonds is 5. The number of carbonyl (C=O) groups excluding carboxylic acids is 1. The van der Waals surface area contributed by atoms with Gasteiger partial charge in [0, 0.05) is 56.0 Å². The van der Waals surface area contributed by atoms with E-state index in [0.29, 0.717) is 18.6 Å². The third-order valence-corrected chi connectivity index (χ3v) is 5.85. The van der Waals surface area contributed by atoms with Crippen molar-refractivity contribution >= 4 is 17.2 Å². The molecule has 4 rings (SSSR count). The summed E-state index contributed by atoms with van der Waals surface area (Å²) in [6, 6.07) is 4.88. The molecular weight excluding hydrogens is 336 g/mol. The van der Waals surface area contributed by atoms with Gasteiger partial charge in [0.2, 0.25) is 0 Å². The van der Waals surface area contributed by atoms with Crippen LogP contribution in [0.15, 0.2) is 29.1 Å². The minimum Gasteiger partial charge on any atom is -0.381 e. The van der Waals surface area contributed by atoms with Crippen LogP contribution in [-0.4, -0.2) is 52.9 Å². The quantitative estimate of drug-likeness (QED) is 0.889. The summed E-state index contributed by atoms with van der Waals surface area (Å²) in [7, 11) is 0. The van der Waals surface area contributed by atoms with Crippen LogP contribution in [0.1, 0.15) is 41.4 Å². The third-order valence-electron chi connectivity index (χ3n) is 5.16. The average molecular weight is 360 g/mol. The van der Waals surface area contributed by atoms with Crippen molar-refractivity contribution in [1.29, 1.82) is 0 Å². The second-order valence-electron chi connectivity index (χ2n) is 6.75. The molecule has 134 valence electrons. The number of amides is 1. The molecule has 0 unspecified atom stereocenters. The van der Waals surface area contributed by atoms with Crippen LogP contribution < -0.4 is 5.32 Å². The highest BCUT2D eigenvalue weighted by atomic mass is 32.1. The Morgan fingerprint density at radius 1 is 1.36 bits per heavy atom. The predicted octanol–water partition coefficient (Wildman–Crippen LogP) is 2.30. The molecule has 0 aromatic carbocycles. The summed E-state index contributed by atoms with van der Waals surface area (Å²) in [4.78, 5) is 14.7. The second kappa shape index (κ2) is 7.68. The van der Waals surface area contributed by atoms with Crippen LogP contribution in [0.25, 0.3) is 0 Å². The minimum atomic E-state index is 0.0130. The zero-order valence-corrected chi connectivity index (χ0v) is 15.1. The lowest BCUT2D eigenvalue weighted by molar-refractivity contribution is 0.0158. The summed E-state index contributed by atoms with van der Waals surface area (Å²) in [5.41, 5.74) is 2.02. The van der Waals surface area contributed by atoms with Crippen LogP contribution in [0.4, 0.5) is 0 Å². The second-order valence-corrected chi connectivity index (χ2v) is 7.53. The smallest absolute Gasteiger partial charge is 0.252 e. The number of nitrogens with zero attached hydrogens (tertiary/aromatic N) is 3. The molecule has 0 saturated carbocycles. The van der Waals surface area contributed by atoms with E-state index in [1.165, 1.54) is 5.69 Å². The Kier molecular flexibility index (Phi) is 5.14. The van der Waals surface area contributed by atoms with Gasteiger partial charge in [0.25, 0.3) is 5.91 Å². The van der Waals surface area contributed by atoms with Gasteiger partial charge in [-0.1, -0.05) is 0 Å². The van der Waals surface area contributed by atoms with E-state index in [2.05, 4.69) is 26.1 Å². The maximum absolute atomic E-state index is 12.1. The van der Waals surface area contributed by atoms with Crippen LogP contribution in [0.3, 0.4) is 0 Å². The molecule has 2 aromatic rings. The summed E-state index contributed by atoms with van der Waals surface area (Å²) in [5, 5.41) is 11.4. The van der Waals surface area contributed by atoms with Gasteiger partial charge in [-0.05, 0) is 36.8 Å². The van der Waals surface area contributed by atoms with Crippen molar-refractivity contribution in [3.8, 4) is 0 Å². The number of nitrogens with one attached hydrogen (secondary N) is 1. The Balaban J connectivity index is 1.37. The van der Waals surface area contributed by atoms with E-state index < -0.39 is 0 Å². The molecule has 1 saturated heterocycles. The Hall–Kier alpha value is -1.70. The van der Waals surface area contributed by atoms with Crippen molar-refractivity contribution in [3.63, 3.8) is 0 Å². The van der Waals surface area contributed by atoms with Gasteiger partial charge in [-0.15, -0.1) is 0 Å². The van der Waals surface area contributed by atoms with Gasteiger partial charge < -0.3 is 10.1 Å². The Bertz CT molecular complexity index is 694. The largest absolute Gasteiger partial charge is 0.381 e. The molecule has 0 bridgehead atoms. The van der Waals surface area contributed by atoms with Crippen molar-refractivity contribution in [2.45, 2.75) is 37.9 Å². The molecular formula is C18H24N4O2S. The number of thiophene rings is 1. The molecule has 2 aliphatic heterocycles. The molecule has 0 radical (unpaired) electrons. The average Bonchev–Trinajstić information content (AvgIpc) is 3.34. The topological polar surface area (TPSA) is 59.4 Å². The van der Waals surface area contributed by atoms with Crippen LogP contribution in [0.5, 0.6) is 0 Å². The maximum Gasteiger partial charge on any atom is 0.252 e. The lowest BCUT2D eigenvalue weighted by atomic mass is 10.0. The zero-order chi connectivity index (χ0) is 17.1. The molecule has 1 fully saturated rings. The summed E-state index contributed by atoms with van der Waals surface area (Å²) in [6.45, 7) is 4.35. The Morgan fingerprint density at radius 2 is 2.24 bits per heavy atom. The van der Waals surface area contributed by atoms with E-state index >= 15 is 0 Å². The standard InChI is InChI=1S/C18H24N4O2S/c23-18(14-5-10-25-13-14)19-6-1-16-11-21(15-3-8-24-9-4-15)12-17-2-7-20-22(16)17/h2,5,7,10,13,15-16H,1,3-4,6,8-9,11-12H2,(H,19,23)/t16-/m1/s1.